The third-order valence-corrected chi connectivity index (χ3v) is 4.51. The van der Waals surface area contributed by atoms with Crippen molar-refractivity contribution < 1.29 is 0 Å². The summed E-state index contributed by atoms with van der Waals surface area (Å²) in [5.74, 6) is 1.79. The first kappa shape index (κ1) is 17.9. The van der Waals surface area contributed by atoms with Gasteiger partial charge >= 0.3 is 0 Å². The molecule has 0 spiro atoms. The van der Waals surface area contributed by atoms with Crippen LogP contribution in [0.15, 0.2) is 53.8 Å². The number of rotatable bonds is 6. The number of aromatic nitrogens is 3. The van der Waals surface area contributed by atoms with Crippen molar-refractivity contribution in [3.05, 3.63) is 60.2 Å². The molecule has 1 atom stereocenters. The number of nitrogens with one attached hydrogen (secondary N) is 2. The molecule has 136 valence electrons. The minimum Gasteiger partial charge on any atom is -0.355 e. The van der Waals surface area contributed by atoms with E-state index in [4.69, 9.17) is 0 Å². The Hall–Kier alpha value is -2.89. The van der Waals surface area contributed by atoms with Crippen LogP contribution in [0.3, 0.4) is 0 Å². The van der Waals surface area contributed by atoms with E-state index in [9.17, 15) is 0 Å². The lowest BCUT2D eigenvalue weighted by atomic mass is 10.0. The summed E-state index contributed by atoms with van der Waals surface area (Å²) in [6, 6.07) is 15.1. The number of hydrogen-bond donors (Lipinski definition) is 2. The molecule has 3 rings (SSSR count). The van der Waals surface area contributed by atoms with Gasteiger partial charge in [-0.2, -0.15) is 0 Å². The average molecular weight is 350 g/mol. The van der Waals surface area contributed by atoms with E-state index in [0.717, 1.165) is 31.3 Å². The molecule has 0 aliphatic carbocycles. The lowest BCUT2D eigenvalue weighted by molar-refractivity contribution is 0.621. The standard InChI is InChI=1S/C20H26N6/c1-4-19-25-23-14-26(19)12-11-22-20(21-3)24-15(2)17-10-9-16-7-5-6-8-18(16)13-17/h5-10,13-15H,4,11-12H2,1-3H3,(H2,21,22,24). The van der Waals surface area contributed by atoms with E-state index in [1.807, 2.05) is 0 Å². The van der Waals surface area contributed by atoms with Crippen molar-refractivity contribution in [2.45, 2.75) is 32.9 Å². The van der Waals surface area contributed by atoms with Crippen molar-refractivity contribution in [2.24, 2.45) is 4.99 Å². The van der Waals surface area contributed by atoms with Crippen LogP contribution >= 0.6 is 0 Å². The highest BCUT2D eigenvalue weighted by atomic mass is 15.3. The summed E-state index contributed by atoms with van der Waals surface area (Å²) in [6.07, 6.45) is 2.65. The number of guanidine groups is 1. The van der Waals surface area contributed by atoms with Gasteiger partial charge in [-0.25, -0.2) is 0 Å². The maximum atomic E-state index is 4.33. The van der Waals surface area contributed by atoms with E-state index in [1.165, 1.54) is 16.3 Å². The lowest BCUT2D eigenvalue weighted by Gasteiger charge is -2.19. The van der Waals surface area contributed by atoms with Gasteiger partial charge in [-0.3, -0.25) is 4.99 Å². The Kier molecular flexibility index (Phi) is 5.84. The zero-order chi connectivity index (χ0) is 18.4. The van der Waals surface area contributed by atoms with Crippen LogP contribution in [-0.4, -0.2) is 34.3 Å². The van der Waals surface area contributed by atoms with Crippen LogP contribution in [0.25, 0.3) is 10.8 Å². The maximum Gasteiger partial charge on any atom is 0.191 e. The van der Waals surface area contributed by atoms with Gasteiger partial charge in [-0.15, -0.1) is 10.2 Å². The summed E-state index contributed by atoms with van der Waals surface area (Å²) >= 11 is 0. The molecule has 1 heterocycles. The zero-order valence-corrected chi connectivity index (χ0v) is 15.6. The fraction of sp³-hybridized carbons (Fsp3) is 0.350. The Morgan fingerprint density at radius 1 is 1.19 bits per heavy atom. The summed E-state index contributed by atoms with van der Waals surface area (Å²) in [5.41, 5.74) is 1.23. The Morgan fingerprint density at radius 2 is 2.00 bits per heavy atom. The molecule has 0 fully saturated rings. The summed E-state index contributed by atoms with van der Waals surface area (Å²) < 4.78 is 2.06. The molecule has 0 saturated carbocycles. The molecular formula is C20H26N6. The normalized spacial score (nSPS) is 13.0. The van der Waals surface area contributed by atoms with Gasteiger partial charge in [-0.1, -0.05) is 43.3 Å². The fourth-order valence-electron chi connectivity index (χ4n) is 2.99. The van der Waals surface area contributed by atoms with Crippen molar-refractivity contribution in [1.29, 1.82) is 0 Å². The molecule has 0 radical (unpaired) electrons. The second-order valence-electron chi connectivity index (χ2n) is 6.27. The SMILES string of the molecule is CCc1nncn1CCNC(=NC)NC(C)c1ccc2ccccc2c1. The second-order valence-corrected chi connectivity index (χ2v) is 6.27. The Morgan fingerprint density at radius 3 is 2.77 bits per heavy atom. The van der Waals surface area contributed by atoms with Crippen molar-refractivity contribution in [1.82, 2.24) is 25.4 Å². The van der Waals surface area contributed by atoms with Crippen LogP contribution in [0.4, 0.5) is 0 Å². The highest BCUT2D eigenvalue weighted by Crippen LogP contribution is 2.20. The van der Waals surface area contributed by atoms with E-state index >= 15 is 0 Å². The number of fused-ring (bicyclic) bond motifs is 1. The molecule has 0 saturated heterocycles. The van der Waals surface area contributed by atoms with Gasteiger partial charge < -0.3 is 15.2 Å². The molecule has 0 aliphatic rings. The molecular weight excluding hydrogens is 324 g/mol. The number of aryl methyl sites for hydroxylation is 1. The first-order valence-corrected chi connectivity index (χ1v) is 9.03. The number of aliphatic imine (C=N–C) groups is 1. The van der Waals surface area contributed by atoms with Crippen molar-refractivity contribution in [2.75, 3.05) is 13.6 Å². The Bertz CT molecular complexity index is 883. The highest BCUT2D eigenvalue weighted by molar-refractivity contribution is 5.84. The molecule has 1 unspecified atom stereocenters. The summed E-state index contributed by atoms with van der Waals surface area (Å²) in [5, 5.41) is 17.4. The van der Waals surface area contributed by atoms with Gasteiger partial charge in [0.1, 0.15) is 12.2 Å². The molecule has 2 aromatic carbocycles. The summed E-state index contributed by atoms with van der Waals surface area (Å²) in [6.45, 7) is 5.79. The average Bonchev–Trinajstić information content (AvgIpc) is 3.14. The van der Waals surface area contributed by atoms with Gasteiger partial charge in [0.05, 0.1) is 6.04 Å². The van der Waals surface area contributed by atoms with Crippen LogP contribution in [0.5, 0.6) is 0 Å². The molecule has 1 aromatic heterocycles. The van der Waals surface area contributed by atoms with Crippen LogP contribution in [0.1, 0.15) is 31.3 Å². The molecule has 0 bridgehead atoms. The second kappa shape index (κ2) is 8.47. The van der Waals surface area contributed by atoms with Crippen molar-refractivity contribution in [3.63, 3.8) is 0 Å². The van der Waals surface area contributed by atoms with E-state index in [-0.39, 0.29) is 6.04 Å². The van der Waals surface area contributed by atoms with E-state index in [2.05, 4.69) is 86.7 Å². The molecule has 3 aromatic rings. The van der Waals surface area contributed by atoms with Gasteiger partial charge in [0.15, 0.2) is 5.96 Å². The van der Waals surface area contributed by atoms with Crippen LogP contribution in [-0.2, 0) is 13.0 Å². The molecule has 6 nitrogen and oxygen atoms in total. The quantitative estimate of drug-likeness (QED) is 0.530. The minimum absolute atomic E-state index is 0.159. The van der Waals surface area contributed by atoms with Crippen molar-refractivity contribution in [3.8, 4) is 0 Å². The molecule has 2 N–H and O–H groups in total. The van der Waals surface area contributed by atoms with Crippen LogP contribution < -0.4 is 10.6 Å². The van der Waals surface area contributed by atoms with Crippen molar-refractivity contribution >= 4 is 16.7 Å². The van der Waals surface area contributed by atoms with Crippen LogP contribution in [0, 0.1) is 0 Å². The van der Waals surface area contributed by atoms with Gasteiger partial charge in [0, 0.05) is 26.6 Å². The summed E-state index contributed by atoms with van der Waals surface area (Å²) in [4.78, 5) is 4.33. The minimum atomic E-state index is 0.159. The van der Waals surface area contributed by atoms with E-state index < -0.39 is 0 Å². The third kappa shape index (κ3) is 4.20. The van der Waals surface area contributed by atoms with Gasteiger partial charge in [-0.05, 0) is 29.3 Å². The lowest BCUT2D eigenvalue weighted by Crippen LogP contribution is -2.40. The first-order chi connectivity index (χ1) is 12.7. The fourth-order valence-corrected chi connectivity index (χ4v) is 2.99. The topological polar surface area (TPSA) is 67.1 Å². The Balaban J connectivity index is 1.58. The third-order valence-electron chi connectivity index (χ3n) is 4.51. The predicted octanol–water partition coefficient (Wildman–Crippen LogP) is 2.92. The van der Waals surface area contributed by atoms with Crippen LogP contribution in [0.2, 0.25) is 0 Å². The maximum absolute atomic E-state index is 4.33. The number of nitrogens with zero attached hydrogens (tertiary/aromatic N) is 4. The van der Waals surface area contributed by atoms with E-state index in [1.54, 1.807) is 13.4 Å². The van der Waals surface area contributed by atoms with Gasteiger partial charge in [0.25, 0.3) is 0 Å². The van der Waals surface area contributed by atoms with Gasteiger partial charge in [0.2, 0.25) is 0 Å². The smallest absolute Gasteiger partial charge is 0.191 e. The predicted molar refractivity (Wildman–Crippen MR) is 106 cm³/mol. The molecule has 6 heteroatoms. The molecule has 26 heavy (non-hydrogen) atoms. The number of benzene rings is 2. The monoisotopic (exact) mass is 350 g/mol. The Labute approximate surface area is 154 Å². The molecule has 0 amide bonds. The molecule has 0 aliphatic heterocycles. The first-order valence-electron chi connectivity index (χ1n) is 9.03. The largest absolute Gasteiger partial charge is 0.355 e. The van der Waals surface area contributed by atoms with E-state index in [0.29, 0.717) is 0 Å². The summed E-state index contributed by atoms with van der Waals surface area (Å²) in [7, 11) is 1.79. The zero-order valence-electron chi connectivity index (χ0n) is 15.6. The highest BCUT2D eigenvalue weighted by Gasteiger charge is 2.09. The number of hydrogen-bond acceptors (Lipinski definition) is 3.